The van der Waals surface area contributed by atoms with Crippen molar-refractivity contribution in [2.75, 3.05) is 6.54 Å². The van der Waals surface area contributed by atoms with E-state index in [0.717, 1.165) is 10.9 Å². The van der Waals surface area contributed by atoms with Gasteiger partial charge in [-0.1, -0.05) is 18.2 Å². The third kappa shape index (κ3) is 7.14. The molecule has 0 saturated heterocycles. The molecule has 0 fully saturated rings. The second kappa shape index (κ2) is 10.8. The van der Waals surface area contributed by atoms with Gasteiger partial charge in [0.1, 0.15) is 17.8 Å². The van der Waals surface area contributed by atoms with Gasteiger partial charge in [0.05, 0.1) is 0 Å². The van der Waals surface area contributed by atoms with Crippen LogP contribution in [0.25, 0.3) is 10.9 Å². The maximum atomic E-state index is 12.2. The van der Waals surface area contributed by atoms with E-state index in [2.05, 4.69) is 20.9 Å². The number of benzene rings is 1. The molecule has 166 valence electrons. The van der Waals surface area contributed by atoms with Crippen molar-refractivity contribution in [3.8, 4) is 0 Å². The molecule has 0 unspecified atom stereocenters. The lowest BCUT2D eigenvalue weighted by Gasteiger charge is -2.18. The number of aliphatic carboxylic acids is 2. The standard InChI is InChI=1S/C20H24N4O7/c1-11(18(28)24-14(20(30)31)6-7-17(26)27)22-16(25)8-9-21-19(29)15-10-12-4-2-3-5-13(12)23-15/h2-5,10-11,14,23H,6-9H2,1H3,(H,21,29)(H,22,25)(H,24,28)(H,26,27)(H,30,31)/t11-,14+/m0/s1. The van der Waals surface area contributed by atoms with Crippen LogP contribution in [0.3, 0.4) is 0 Å². The molecule has 6 N–H and O–H groups in total. The van der Waals surface area contributed by atoms with E-state index in [1.807, 2.05) is 24.3 Å². The molecule has 0 spiro atoms. The summed E-state index contributed by atoms with van der Waals surface area (Å²) in [7, 11) is 0. The molecule has 0 aliphatic rings. The summed E-state index contributed by atoms with van der Waals surface area (Å²) in [5.74, 6) is -4.20. The second-order valence-corrected chi connectivity index (χ2v) is 6.90. The molecule has 1 aromatic carbocycles. The van der Waals surface area contributed by atoms with Gasteiger partial charge in [-0.05, 0) is 25.5 Å². The Labute approximate surface area is 177 Å². The summed E-state index contributed by atoms with van der Waals surface area (Å²) in [6.45, 7) is 1.40. The molecule has 2 rings (SSSR count). The number of H-pyrrole nitrogens is 1. The topological polar surface area (TPSA) is 178 Å². The third-order valence-electron chi connectivity index (χ3n) is 4.44. The van der Waals surface area contributed by atoms with E-state index in [0.29, 0.717) is 5.69 Å². The minimum Gasteiger partial charge on any atom is -0.481 e. The summed E-state index contributed by atoms with van der Waals surface area (Å²) in [5, 5.41) is 25.8. The number of carboxylic acid groups (broad SMARTS) is 2. The summed E-state index contributed by atoms with van der Waals surface area (Å²) in [6, 6.07) is 6.67. The number of aromatic nitrogens is 1. The van der Waals surface area contributed by atoms with E-state index in [-0.39, 0.29) is 25.3 Å². The van der Waals surface area contributed by atoms with Gasteiger partial charge in [-0.2, -0.15) is 0 Å². The van der Waals surface area contributed by atoms with Gasteiger partial charge in [0.25, 0.3) is 5.91 Å². The molecule has 2 aromatic rings. The smallest absolute Gasteiger partial charge is 0.326 e. The number of carbonyl (C=O) groups is 5. The number of carbonyl (C=O) groups excluding carboxylic acids is 3. The number of nitrogens with one attached hydrogen (secondary N) is 4. The minimum absolute atomic E-state index is 0.0325. The van der Waals surface area contributed by atoms with Crippen LogP contribution in [-0.2, 0) is 19.2 Å². The predicted octanol–water partition coefficient (Wildman–Crippen LogP) is 0.227. The minimum atomic E-state index is -1.38. The van der Waals surface area contributed by atoms with Crippen molar-refractivity contribution in [3.63, 3.8) is 0 Å². The molecule has 11 heteroatoms. The van der Waals surface area contributed by atoms with E-state index in [9.17, 15) is 24.0 Å². The first kappa shape index (κ1) is 23.4. The van der Waals surface area contributed by atoms with Crippen LogP contribution in [0, 0.1) is 0 Å². The Hall–Kier alpha value is -3.89. The molecule has 31 heavy (non-hydrogen) atoms. The van der Waals surface area contributed by atoms with Crippen LogP contribution >= 0.6 is 0 Å². The van der Waals surface area contributed by atoms with E-state index < -0.39 is 42.3 Å². The van der Waals surface area contributed by atoms with Gasteiger partial charge in [-0.3, -0.25) is 19.2 Å². The Balaban J connectivity index is 1.76. The Morgan fingerprint density at radius 3 is 2.39 bits per heavy atom. The zero-order chi connectivity index (χ0) is 23.0. The molecule has 3 amide bonds. The highest BCUT2D eigenvalue weighted by Gasteiger charge is 2.24. The molecule has 1 heterocycles. The number of hydrogen-bond donors (Lipinski definition) is 6. The maximum absolute atomic E-state index is 12.2. The quantitative estimate of drug-likeness (QED) is 0.294. The molecule has 11 nitrogen and oxygen atoms in total. The van der Waals surface area contributed by atoms with Crippen molar-refractivity contribution >= 4 is 40.6 Å². The highest BCUT2D eigenvalue weighted by molar-refractivity contribution is 5.98. The molecule has 0 aliphatic carbocycles. The van der Waals surface area contributed by atoms with Gasteiger partial charge in [0, 0.05) is 30.3 Å². The average Bonchev–Trinajstić information content (AvgIpc) is 3.14. The van der Waals surface area contributed by atoms with Crippen molar-refractivity contribution in [2.24, 2.45) is 0 Å². The number of amides is 3. The van der Waals surface area contributed by atoms with Crippen LogP contribution in [0.5, 0.6) is 0 Å². The SMILES string of the molecule is C[C@H](NC(=O)CCNC(=O)c1cc2ccccc2[nH]1)C(=O)N[C@H](CCC(=O)O)C(=O)O. The Kier molecular flexibility index (Phi) is 8.12. The van der Waals surface area contributed by atoms with Crippen molar-refractivity contribution in [2.45, 2.75) is 38.3 Å². The summed E-state index contributed by atoms with van der Waals surface area (Å²) in [5.41, 5.74) is 1.17. The lowest BCUT2D eigenvalue weighted by atomic mass is 10.1. The first-order chi connectivity index (χ1) is 14.7. The number of para-hydroxylation sites is 1. The van der Waals surface area contributed by atoms with Gasteiger partial charge in [-0.25, -0.2) is 4.79 Å². The van der Waals surface area contributed by atoms with E-state index in [1.54, 1.807) is 6.07 Å². The van der Waals surface area contributed by atoms with Crippen LogP contribution in [-0.4, -0.2) is 63.5 Å². The third-order valence-corrected chi connectivity index (χ3v) is 4.44. The number of aromatic amines is 1. The number of fused-ring (bicyclic) bond motifs is 1. The summed E-state index contributed by atoms with van der Waals surface area (Å²) in [6.07, 6.45) is -0.796. The van der Waals surface area contributed by atoms with Crippen LogP contribution in [0.1, 0.15) is 36.7 Å². The first-order valence-electron chi connectivity index (χ1n) is 9.57. The van der Waals surface area contributed by atoms with Crippen LogP contribution in [0.15, 0.2) is 30.3 Å². The maximum Gasteiger partial charge on any atom is 0.326 e. The Morgan fingerprint density at radius 1 is 1.03 bits per heavy atom. The first-order valence-corrected chi connectivity index (χ1v) is 9.57. The van der Waals surface area contributed by atoms with Crippen molar-refractivity contribution in [3.05, 3.63) is 36.0 Å². The van der Waals surface area contributed by atoms with Gasteiger partial charge >= 0.3 is 11.9 Å². The van der Waals surface area contributed by atoms with Crippen LogP contribution in [0.4, 0.5) is 0 Å². The summed E-state index contributed by atoms with van der Waals surface area (Å²) in [4.78, 5) is 61.0. The molecule has 0 radical (unpaired) electrons. The fraction of sp³-hybridized carbons (Fsp3) is 0.350. The van der Waals surface area contributed by atoms with Crippen LogP contribution in [0.2, 0.25) is 0 Å². The molecule has 0 saturated carbocycles. The highest BCUT2D eigenvalue weighted by atomic mass is 16.4. The lowest BCUT2D eigenvalue weighted by molar-refractivity contribution is -0.143. The van der Waals surface area contributed by atoms with E-state index in [1.165, 1.54) is 6.92 Å². The van der Waals surface area contributed by atoms with Crippen molar-refractivity contribution in [1.29, 1.82) is 0 Å². The zero-order valence-electron chi connectivity index (χ0n) is 16.8. The largest absolute Gasteiger partial charge is 0.481 e. The fourth-order valence-electron chi connectivity index (χ4n) is 2.78. The molecular formula is C20H24N4O7. The van der Waals surface area contributed by atoms with Gasteiger partial charge in [0.2, 0.25) is 11.8 Å². The van der Waals surface area contributed by atoms with Crippen molar-refractivity contribution < 1.29 is 34.2 Å². The predicted molar refractivity (Wildman–Crippen MR) is 109 cm³/mol. The van der Waals surface area contributed by atoms with Gasteiger partial charge in [0.15, 0.2) is 0 Å². The lowest BCUT2D eigenvalue weighted by Crippen LogP contribution is -2.50. The molecule has 2 atom stereocenters. The monoisotopic (exact) mass is 432 g/mol. The van der Waals surface area contributed by atoms with Gasteiger partial charge in [-0.15, -0.1) is 0 Å². The Bertz CT molecular complexity index is 952. The van der Waals surface area contributed by atoms with Gasteiger partial charge < -0.3 is 31.1 Å². The highest BCUT2D eigenvalue weighted by Crippen LogP contribution is 2.14. The zero-order valence-corrected chi connectivity index (χ0v) is 16.8. The molecular weight excluding hydrogens is 408 g/mol. The molecule has 1 aromatic heterocycles. The average molecular weight is 432 g/mol. The van der Waals surface area contributed by atoms with Crippen molar-refractivity contribution in [1.82, 2.24) is 20.9 Å². The summed E-state index contributed by atoms with van der Waals surface area (Å²) >= 11 is 0. The fourth-order valence-corrected chi connectivity index (χ4v) is 2.78. The molecule has 0 bridgehead atoms. The number of rotatable bonds is 11. The Morgan fingerprint density at radius 2 is 1.74 bits per heavy atom. The number of hydrogen-bond acceptors (Lipinski definition) is 5. The second-order valence-electron chi connectivity index (χ2n) is 6.90. The molecule has 0 aliphatic heterocycles. The van der Waals surface area contributed by atoms with E-state index >= 15 is 0 Å². The van der Waals surface area contributed by atoms with E-state index in [4.69, 9.17) is 10.2 Å². The normalized spacial score (nSPS) is 12.5. The summed E-state index contributed by atoms with van der Waals surface area (Å²) < 4.78 is 0. The van der Waals surface area contributed by atoms with Crippen LogP contribution < -0.4 is 16.0 Å². The number of carboxylic acids is 2.